The summed E-state index contributed by atoms with van der Waals surface area (Å²) >= 11 is 2.04. The van der Waals surface area contributed by atoms with Crippen LogP contribution >= 0.6 is 11.8 Å². The summed E-state index contributed by atoms with van der Waals surface area (Å²) in [7, 11) is 1.88. The molecule has 0 bridgehead atoms. The Morgan fingerprint density at radius 1 is 1.35 bits per heavy atom. The number of hydrogen-bond acceptors (Lipinski definition) is 3. The Hall–Kier alpha value is -0.510. The Balaban J connectivity index is 2.19. The van der Waals surface area contributed by atoms with Crippen LogP contribution in [0, 0.1) is 0 Å². The zero-order chi connectivity index (χ0) is 12.1. The summed E-state index contributed by atoms with van der Waals surface area (Å²) in [5, 5.41) is 13.2. The van der Waals surface area contributed by atoms with Gasteiger partial charge in [-0.3, -0.25) is 0 Å². The Kier molecular flexibility index (Phi) is 4.89. The predicted molar refractivity (Wildman–Crippen MR) is 74.6 cm³/mol. The third-order valence-corrected chi connectivity index (χ3v) is 4.46. The summed E-state index contributed by atoms with van der Waals surface area (Å²) < 4.78 is 0. The average molecular weight is 251 g/mol. The molecule has 0 amide bonds. The summed E-state index contributed by atoms with van der Waals surface area (Å²) in [5.74, 6) is 3.14. The maximum Gasteiger partial charge on any atom is 0.0917 e. The standard InChI is InChI=1S/C14H21NOS/c1-15-10-14(16)13-5-3-2-4-12(13)11-6-8-17-9-7-11/h2-5,11,14-16H,6-10H2,1H3. The minimum Gasteiger partial charge on any atom is -0.387 e. The molecule has 0 saturated carbocycles. The van der Waals surface area contributed by atoms with E-state index in [2.05, 4.69) is 23.5 Å². The largest absolute Gasteiger partial charge is 0.387 e. The minimum atomic E-state index is -0.384. The van der Waals surface area contributed by atoms with Crippen molar-refractivity contribution in [1.82, 2.24) is 5.32 Å². The van der Waals surface area contributed by atoms with Crippen LogP contribution in [0.2, 0.25) is 0 Å². The first kappa shape index (κ1) is 12.9. The maximum absolute atomic E-state index is 10.2. The smallest absolute Gasteiger partial charge is 0.0917 e. The summed E-state index contributed by atoms with van der Waals surface area (Å²) in [4.78, 5) is 0. The van der Waals surface area contributed by atoms with Gasteiger partial charge < -0.3 is 10.4 Å². The Bertz CT molecular complexity index is 350. The first-order chi connectivity index (χ1) is 8.33. The number of rotatable bonds is 4. The van der Waals surface area contributed by atoms with E-state index in [0.717, 1.165) is 5.56 Å². The fraction of sp³-hybridized carbons (Fsp3) is 0.571. The summed E-state index contributed by atoms with van der Waals surface area (Å²) in [5.41, 5.74) is 2.47. The van der Waals surface area contributed by atoms with Crippen LogP contribution in [0.4, 0.5) is 0 Å². The zero-order valence-electron chi connectivity index (χ0n) is 10.4. The highest BCUT2D eigenvalue weighted by Crippen LogP contribution is 2.35. The van der Waals surface area contributed by atoms with E-state index in [9.17, 15) is 5.11 Å². The van der Waals surface area contributed by atoms with Crippen molar-refractivity contribution >= 4 is 11.8 Å². The van der Waals surface area contributed by atoms with Gasteiger partial charge in [0.05, 0.1) is 6.10 Å². The van der Waals surface area contributed by atoms with Crippen molar-refractivity contribution in [3.63, 3.8) is 0 Å². The lowest BCUT2D eigenvalue weighted by molar-refractivity contribution is 0.176. The van der Waals surface area contributed by atoms with Crippen molar-refractivity contribution in [2.45, 2.75) is 24.9 Å². The second kappa shape index (κ2) is 6.43. The molecule has 1 aliphatic rings. The van der Waals surface area contributed by atoms with Crippen molar-refractivity contribution in [3.05, 3.63) is 35.4 Å². The van der Waals surface area contributed by atoms with E-state index in [-0.39, 0.29) is 6.10 Å². The normalized spacial score (nSPS) is 19.2. The van der Waals surface area contributed by atoms with Gasteiger partial charge in [-0.05, 0) is 48.4 Å². The lowest BCUT2D eigenvalue weighted by Gasteiger charge is -2.25. The number of likely N-dealkylation sites (N-methyl/N-ethyl adjacent to an activating group) is 1. The third-order valence-electron chi connectivity index (χ3n) is 3.41. The molecule has 0 radical (unpaired) electrons. The molecule has 1 fully saturated rings. The molecule has 1 unspecified atom stereocenters. The number of hydrogen-bond donors (Lipinski definition) is 2. The Morgan fingerprint density at radius 2 is 2.06 bits per heavy atom. The summed E-state index contributed by atoms with van der Waals surface area (Å²) in [6.45, 7) is 0.623. The summed E-state index contributed by atoms with van der Waals surface area (Å²) in [6, 6.07) is 8.37. The van der Waals surface area contributed by atoms with Gasteiger partial charge in [-0.1, -0.05) is 24.3 Å². The van der Waals surface area contributed by atoms with Crippen LogP contribution in [0.5, 0.6) is 0 Å². The molecule has 2 N–H and O–H groups in total. The fourth-order valence-corrected chi connectivity index (χ4v) is 3.60. The van der Waals surface area contributed by atoms with Gasteiger partial charge in [0.25, 0.3) is 0 Å². The van der Waals surface area contributed by atoms with Crippen LogP contribution in [-0.4, -0.2) is 30.2 Å². The molecule has 0 aromatic heterocycles. The molecule has 94 valence electrons. The average Bonchev–Trinajstić information content (AvgIpc) is 2.40. The SMILES string of the molecule is CNCC(O)c1ccccc1C1CCSCC1. The topological polar surface area (TPSA) is 32.3 Å². The van der Waals surface area contributed by atoms with Gasteiger partial charge in [0.15, 0.2) is 0 Å². The van der Waals surface area contributed by atoms with Crippen LogP contribution in [0.25, 0.3) is 0 Å². The zero-order valence-corrected chi connectivity index (χ0v) is 11.2. The maximum atomic E-state index is 10.2. The van der Waals surface area contributed by atoms with Crippen LogP contribution < -0.4 is 5.32 Å². The monoisotopic (exact) mass is 251 g/mol. The number of nitrogens with one attached hydrogen (secondary N) is 1. The van der Waals surface area contributed by atoms with Gasteiger partial charge in [-0.15, -0.1) is 0 Å². The third kappa shape index (κ3) is 3.24. The lowest BCUT2D eigenvalue weighted by atomic mass is 9.88. The first-order valence-electron chi connectivity index (χ1n) is 6.32. The van der Waals surface area contributed by atoms with Crippen LogP contribution in [0.1, 0.15) is 36.0 Å². The second-order valence-electron chi connectivity index (χ2n) is 4.59. The molecule has 1 aromatic carbocycles. The molecular weight excluding hydrogens is 230 g/mol. The molecule has 1 atom stereocenters. The Morgan fingerprint density at radius 3 is 2.76 bits per heavy atom. The minimum absolute atomic E-state index is 0.384. The molecule has 1 heterocycles. The fourth-order valence-electron chi connectivity index (χ4n) is 2.50. The van der Waals surface area contributed by atoms with Crippen molar-refractivity contribution in [2.75, 3.05) is 25.1 Å². The van der Waals surface area contributed by atoms with E-state index < -0.39 is 0 Å². The van der Waals surface area contributed by atoms with Gasteiger partial charge in [0.2, 0.25) is 0 Å². The highest BCUT2D eigenvalue weighted by molar-refractivity contribution is 7.99. The van der Waals surface area contributed by atoms with E-state index in [1.54, 1.807) is 0 Å². The van der Waals surface area contributed by atoms with Crippen molar-refractivity contribution in [3.8, 4) is 0 Å². The molecular formula is C14H21NOS. The van der Waals surface area contributed by atoms with Gasteiger partial charge in [0.1, 0.15) is 0 Å². The van der Waals surface area contributed by atoms with Crippen LogP contribution in [-0.2, 0) is 0 Å². The molecule has 0 aliphatic carbocycles. The highest BCUT2D eigenvalue weighted by atomic mass is 32.2. The molecule has 1 aliphatic heterocycles. The summed E-state index contributed by atoms with van der Waals surface area (Å²) in [6.07, 6.45) is 2.10. The van der Waals surface area contributed by atoms with Crippen molar-refractivity contribution in [1.29, 1.82) is 0 Å². The number of aliphatic hydroxyl groups is 1. The van der Waals surface area contributed by atoms with E-state index in [1.165, 1.54) is 29.9 Å². The number of thioether (sulfide) groups is 1. The van der Waals surface area contributed by atoms with Gasteiger partial charge in [-0.2, -0.15) is 11.8 Å². The first-order valence-corrected chi connectivity index (χ1v) is 7.47. The highest BCUT2D eigenvalue weighted by Gasteiger charge is 2.20. The van der Waals surface area contributed by atoms with Gasteiger partial charge in [0, 0.05) is 6.54 Å². The van der Waals surface area contributed by atoms with Crippen LogP contribution in [0.3, 0.4) is 0 Å². The molecule has 17 heavy (non-hydrogen) atoms. The molecule has 1 aromatic rings. The van der Waals surface area contributed by atoms with Gasteiger partial charge >= 0.3 is 0 Å². The number of benzene rings is 1. The number of aliphatic hydroxyl groups excluding tert-OH is 1. The quantitative estimate of drug-likeness (QED) is 0.862. The lowest BCUT2D eigenvalue weighted by Crippen LogP contribution is -2.19. The van der Waals surface area contributed by atoms with Crippen molar-refractivity contribution < 1.29 is 5.11 Å². The molecule has 0 spiro atoms. The van der Waals surface area contributed by atoms with E-state index in [1.807, 2.05) is 24.9 Å². The molecule has 2 rings (SSSR count). The molecule has 1 saturated heterocycles. The van der Waals surface area contributed by atoms with E-state index >= 15 is 0 Å². The Labute approximate surface area is 108 Å². The van der Waals surface area contributed by atoms with Crippen molar-refractivity contribution in [2.24, 2.45) is 0 Å². The predicted octanol–water partition coefficient (Wildman–Crippen LogP) is 2.55. The molecule has 2 nitrogen and oxygen atoms in total. The van der Waals surface area contributed by atoms with E-state index in [4.69, 9.17) is 0 Å². The van der Waals surface area contributed by atoms with E-state index in [0.29, 0.717) is 12.5 Å². The second-order valence-corrected chi connectivity index (χ2v) is 5.81. The molecule has 3 heteroatoms. The van der Waals surface area contributed by atoms with Gasteiger partial charge in [-0.25, -0.2) is 0 Å². The van der Waals surface area contributed by atoms with Crippen LogP contribution in [0.15, 0.2) is 24.3 Å².